The van der Waals surface area contributed by atoms with E-state index in [1.807, 2.05) is 18.2 Å². The van der Waals surface area contributed by atoms with Crippen molar-refractivity contribution in [1.82, 2.24) is 40.8 Å². The van der Waals surface area contributed by atoms with Crippen LogP contribution in [0.2, 0.25) is 0 Å². The van der Waals surface area contributed by atoms with Crippen LogP contribution in [-0.2, 0) is 7.05 Å². The van der Waals surface area contributed by atoms with Crippen molar-refractivity contribution in [3.8, 4) is 22.8 Å². The number of hydrogen-bond donors (Lipinski definition) is 2. The number of aromatic amines is 1. The number of nitrogens with one attached hydrogen (secondary N) is 1. The van der Waals surface area contributed by atoms with Crippen LogP contribution in [0.4, 0.5) is 11.4 Å². The number of nitro groups is 1. The first-order valence-corrected chi connectivity index (χ1v) is 7.61. The Morgan fingerprint density at radius 2 is 1.81 bits per heavy atom. The molecule has 0 saturated heterocycles. The molecule has 4 rings (SSSR count). The molecule has 0 aliphatic carbocycles. The number of nitro benzene ring substituents is 1. The maximum atomic E-state index is 10.5. The van der Waals surface area contributed by atoms with Crippen molar-refractivity contribution in [3.05, 3.63) is 58.6 Å². The molecule has 0 radical (unpaired) electrons. The average molecular weight is 366 g/mol. The quantitative estimate of drug-likeness (QED) is 0.308. The lowest BCUT2D eigenvalue weighted by atomic mass is 10.2. The van der Waals surface area contributed by atoms with E-state index in [4.69, 9.17) is 5.73 Å². The van der Waals surface area contributed by atoms with Gasteiger partial charge in [-0.05, 0) is 22.6 Å². The van der Waals surface area contributed by atoms with Gasteiger partial charge in [-0.25, -0.2) is 0 Å². The van der Waals surface area contributed by atoms with Crippen LogP contribution in [0, 0.1) is 10.1 Å². The summed E-state index contributed by atoms with van der Waals surface area (Å²) in [7, 11) is 1.63. The summed E-state index contributed by atoms with van der Waals surface area (Å²) in [4.78, 5) is 11.4. The highest BCUT2D eigenvalue weighted by Gasteiger charge is 2.10. The molecule has 0 spiro atoms. The number of benzene rings is 2. The van der Waals surface area contributed by atoms with Gasteiger partial charge in [0.1, 0.15) is 0 Å². The number of nitrogen functional groups attached to an aromatic ring is 1. The van der Waals surface area contributed by atoms with Crippen molar-refractivity contribution in [1.29, 1.82) is 0 Å². The molecule has 2 heterocycles. The third-order valence-corrected chi connectivity index (χ3v) is 3.31. The second-order valence-electron chi connectivity index (χ2n) is 5.27. The first kappa shape index (κ1) is 17.6. The molecule has 0 bridgehead atoms. The molecule has 0 amide bonds. The van der Waals surface area contributed by atoms with Gasteiger partial charge < -0.3 is 5.73 Å². The lowest BCUT2D eigenvalue weighted by Crippen LogP contribution is -1.92. The van der Waals surface area contributed by atoms with Crippen LogP contribution in [0.3, 0.4) is 0 Å². The SMILES string of the molecule is Cn1nnc(-c2cccc([N+](=O)[O-])c2)n1.Nc1cccc(-c2nn[nH]n2)c1. The number of aromatic nitrogens is 8. The number of rotatable bonds is 3. The van der Waals surface area contributed by atoms with E-state index >= 15 is 0 Å². The maximum Gasteiger partial charge on any atom is 0.270 e. The maximum absolute atomic E-state index is 10.5. The van der Waals surface area contributed by atoms with E-state index in [9.17, 15) is 10.1 Å². The topological polar surface area (TPSA) is 167 Å². The Hall–Kier alpha value is -4.22. The predicted molar refractivity (Wildman–Crippen MR) is 94.9 cm³/mol. The molecule has 12 nitrogen and oxygen atoms in total. The van der Waals surface area contributed by atoms with Crippen LogP contribution >= 0.6 is 0 Å². The Morgan fingerprint density at radius 3 is 2.41 bits per heavy atom. The molecule has 27 heavy (non-hydrogen) atoms. The molecule has 0 saturated carbocycles. The molecule has 136 valence electrons. The van der Waals surface area contributed by atoms with Crippen LogP contribution in [-0.4, -0.2) is 45.8 Å². The second kappa shape index (κ2) is 7.77. The Bertz CT molecular complexity index is 1040. The van der Waals surface area contributed by atoms with Crippen LogP contribution in [0.15, 0.2) is 48.5 Å². The lowest BCUT2D eigenvalue weighted by Gasteiger charge is -1.94. The number of aryl methyl sites for hydroxylation is 1. The number of H-pyrrole nitrogens is 1. The standard InChI is InChI=1S/C8H7N5O2.C7H7N5/c1-12-10-8(9-11-12)6-3-2-4-7(5-6)13(14)15;8-6-3-1-2-5(4-6)7-9-11-12-10-7/h2-5H,1H3;1-4H,8H2,(H,9,10,11,12). The second-order valence-corrected chi connectivity index (χ2v) is 5.27. The monoisotopic (exact) mass is 366 g/mol. The number of nitrogens with two attached hydrogens (primary N) is 1. The van der Waals surface area contributed by atoms with Crippen molar-refractivity contribution in [2.45, 2.75) is 0 Å². The molecule has 0 aliphatic rings. The third kappa shape index (κ3) is 4.45. The summed E-state index contributed by atoms with van der Waals surface area (Å²) in [5.74, 6) is 0.934. The molecular weight excluding hydrogens is 352 g/mol. The van der Waals surface area contributed by atoms with E-state index in [0.29, 0.717) is 22.9 Å². The van der Waals surface area contributed by atoms with E-state index in [2.05, 4.69) is 36.0 Å². The van der Waals surface area contributed by atoms with Gasteiger partial charge in [0, 0.05) is 28.9 Å². The molecule has 0 aliphatic heterocycles. The molecule has 4 aromatic rings. The van der Waals surface area contributed by atoms with Gasteiger partial charge in [-0.1, -0.05) is 24.3 Å². The normalized spacial score (nSPS) is 10.1. The van der Waals surface area contributed by atoms with Gasteiger partial charge in [-0.15, -0.1) is 20.4 Å². The Morgan fingerprint density at radius 1 is 1.07 bits per heavy atom. The summed E-state index contributed by atoms with van der Waals surface area (Å²) in [6.45, 7) is 0. The van der Waals surface area contributed by atoms with E-state index in [-0.39, 0.29) is 5.69 Å². The zero-order valence-corrected chi connectivity index (χ0v) is 14.1. The van der Waals surface area contributed by atoms with Crippen molar-refractivity contribution in [2.75, 3.05) is 5.73 Å². The minimum absolute atomic E-state index is 0.0138. The van der Waals surface area contributed by atoms with Crippen LogP contribution in [0.1, 0.15) is 0 Å². The summed E-state index contributed by atoms with van der Waals surface area (Å²) in [5, 5.41) is 35.4. The van der Waals surface area contributed by atoms with E-state index in [1.165, 1.54) is 16.9 Å². The first-order chi connectivity index (χ1) is 13.0. The first-order valence-electron chi connectivity index (χ1n) is 7.61. The van der Waals surface area contributed by atoms with Crippen LogP contribution in [0.25, 0.3) is 22.8 Å². The summed E-state index contributed by atoms with van der Waals surface area (Å²) in [5.41, 5.74) is 7.73. The minimum atomic E-state index is -0.458. The highest BCUT2D eigenvalue weighted by Crippen LogP contribution is 2.19. The van der Waals surface area contributed by atoms with E-state index in [1.54, 1.807) is 25.2 Å². The summed E-state index contributed by atoms with van der Waals surface area (Å²) >= 11 is 0. The largest absolute Gasteiger partial charge is 0.399 e. The van der Waals surface area contributed by atoms with Crippen molar-refractivity contribution >= 4 is 11.4 Å². The van der Waals surface area contributed by atoms with Gasteiger partial charge in [0.05, 0.1) is 12.0 Å². The van der Waals surface area contributed by atoms with Crippen molar-refractivity contribution in [2.24, 2.45) is 7.05 Å². The fraction of sp³-hybridized carbons (Fsp3) is 0.0667. The summed E-state index contributed by atoms with van der Waals surface area (Å²) in [6, 6.07) is 13.4. The number of hydrogen-bond acceptors (Lipinski definition) is 9. The van der Waals surface area contributed by atoms with Gasteiger partial charge in [0.25, 0.3) is 5.69 Å². The smallest absolute Gasteiger partial charge is 0.270 e. The van der Waals surface area contributed by atoms with E-state index in [0.717, 1.165) is 5.56 Å². The zero-order chi connectivity index (χ0) is 19.2. The zero-order valence-electron chi connectivity index (χ0n) is 14.1. The predicted octanol–water partition coefficient (Wildman–Crippen LogP) is 1.23. The number of non-ortho nitro benzene ring substituents is 1. The Labute approximate surface area is 152 Å². The molecule has 3 N–H and O–H groups in total. The fourth-order valence-corrected chi connectivity index (χ4v) is 2.12. The lowest BCUT2D eigenvalue weighted by molar-refractivity contribution is -0.384. The van der Waals surface area contributed by atoms with Gasteiger partial charge in [0.15, 0.2) is 0 Å². The number of anilines is 1. The molecule has 0 atom stereocenters. The van der Waals surface area contributed by atoms with Crippen LogP contribution in [0.5, 0.6) is 0 Å². The molecule has 2 aromatic carbocycles. The minimum Gasteiger partial charge on any atom is -0.399 e. The third-order valence-electron chi connectivity index (χ3n) is 3.31. The summed E-state index contributed by atoms with van der Waals surface area (Å²) < 4.78 is 0. The highest BCUT2D eigenvalue weighted by molar-refractivity contribution is 5.60. The van der Waals surface area contributed by atoms with Crippen molar-refractivity contribution in [3.63, 3.8) is 0 Å². The van der Waals surface area contributed by atoms with Crippen LogP contribution < -0.4 is 5.73 Å². The molecular formula is C15H14N10O2. The highest BCUT2D eigenvalue weighted by atomic mass is 16.6. The molecule has 0 fully saturated rings. The fourth-order valence-electron chi connectivity index (χ4n) is 2.12. The Kier molecular flexibility index (Phi) is 5.07. The van der Waals surface area contributed by atoms with Gasteiger partial charge in [-0.2, -0.15) is 10.0 Å². The summed E-state index contributed by atoms with van der Waals surface area (Å²) in [6.07, 6.45) is 0. The van der Waals surface area contributed by atoms with E-state index < -0.39 is 4.92 Å². The van der Waals surface area contributed by atoms with Gasteiger partial charge in [0.2, 0.25) is 11.6 Å². The Balaban J connectivity index is 0.000000159. The van der Waals surface area contributed by atoms with Gasteiger partial charge in [-0.3, -0.25) is 10.1 Å². The molecule has 12 heteroatoms. The number of tetrazole rings is 2. The van der Waals surface area contributed by atoms with Gasteiger partial charge >= 0.3 is 0 Å². The molecule has 0 unspecified atom stereocenters. The number of nitrogens with zero attached hydrogens (tertiary/aromatic N) is 8. The molecule has 2 aromatic heterocycles. The average Bonchev–Trinajstić information content (AvgIpc) is 3.34. The van der Waals surface area contributed by atoms with Crippen molar-refractivity contribution < 1.29 is 4.92 Å².